The van der Waals surface area contributed by atoms with E-state index in [0.29, 0.717) is 6.04 Å². The van der Waals surface area contributed by atoms with Crippen LogP contribution in [-0.4, -0.2) is 11.0 Å². The zero-order chi connectivity index (χ0) is 8.81. The number of aromatic nitrogens is 1. The van der Waals surface area contributed by atoms with Gasteiger partial charge in [-0.1, -0.05) is 13.0 Å². The molecule has 1 aromatic rings. The van der Waals surface area contributed by atoms with Crippen molar-refractivity contribution in [1.82, 2.24) is 10.3 Å². The second-order valence-corrected chi connectivity index (χ2v) is 3.05. The van der Waals surface area contributed by atoms with Crippen molar-refractivity contribution in [2.45, 2.75) is 32.9 Å². The van der Waals surface area contributed by atoms with Crippen molar-refractivity contribution in [3.63, 3.8) is 0 Å². The van der Waals surface area contributed by atoms with Crippen LogP contribution in [0.3, 0.4) is 0 Å². The van der Waals surface area contributed by atoms with E-state index in [-0.39, 0.29) is 0 Å². The molecular formula is C10H16N2. The monoisotopic (exact) mass is 164 g/mol. The second kappa shape index (κ2) is 4.88. The lowest BCUT2D eigenvalue weighted by atomic mass is 10.2. The highest BCUT2D eigenvalue weighted by atomic mass is 14.9. The zero-order valence-corrected chi connectivity index (χ0v) is 7.75. The van der Waals surface area contributed by atoms with Crippen LogP contribution in [-0.2, 0) is 6.54 Å². The van der Waals surface area contributed by atoms with Gasteiger partial charge in [0.25, 0.3) is 0 Å². The smallest absolute Gasteiger partial charge is 0.0312 e. The highest BCUT2D eigenvalue weighted by molar-refractivity contribution is 5.07. The van der Waals surface area contributed by atoms with Gasteiger partial charge in [0, 0.05) is 25.0 Å². The first-order valence-corrected chi connectivity index (χ1v) is 4.45. The zero-order valence-electron chi connectivity index (χ0n) is 7.75. The molecule has 0 aliphatic rings. The minimum absolute atomic E-state index is 0.588. The van der Waals surface area contributed by atoms with E-state index < -0.39 is 0 Å². The molecule has 0 aliphatic carbocycles. The Morgan fingerprint density at radius 2 is 2.42 bits per heavy atom. The molecule has 0 fully saturated rings. The Hall–Kier alpha value is -0.890. The number of pyridine rings is 1. The lowest BCUT2D eigenvalue weighted by Gasteiger charge is -2.10. The van der Waals surface area contributed by atoms with Gasteiger partial charge in [0.2, 0.25) is 0 Å². The molecule has 0 radical (unpaired) electrons. The van der Waals surface area contributed by atoms with E-state index in [1.54, 1.807) is 6.20 Å². The van der Waals surface area contributed by atoms with Crippen molar-refractivity contribution in [3.8, 4) is 0 Å². The van der Waals surface area contributed by atoms with E-state index in [2.05, 4.69) is 30.2 Å². The van der Waals surface area contributed by atoms with Gasteiger partial charge in [0.05, 0.1) is 0 Å². The summed E-state index contributed by atoms with van der Waals surface area (Å²) >= 11 is 0. The quantitative estimate of drug-likeness (QED) is 0.736. The second-order valence-electron chi connectivity index (χ2n) is 3.05. The molecule has 0 bridgehead atoms. The van der Waals surface area contributed by atoms with Gasteiger partial charge in [-0.3, -0.25) is 4.98 Å². The molecule has 1 N–H and O–H groups in total. The summed E-state index contributed by atoms with van der Waals surface area (Å²) in [6, 6.07) is 4.64. The predicted molar refractivity (Wildman–Crippen MR) is 50.8 cm³/mol. The van der Waals surface area contributed by atoms with Gasteiger partial charge in [-0.05, 0) is 25.0 Å². The maximum absolute atomic E-state index is 4.05. The van der Waals surface area contributed by atoms with Crippen LogP contribution in [0.15, 0.2) is 24.5 Å². The average molecular weight is 164 g/mol. The van der Waals surface area contributed by atoms with Gasteiger partial charge >= 0.3 is 0 Å². The van der Waals surface area contributed by atoms with Crippen molar-refractivity contribution < 1.29 is 0 Å². The van der Waals surface area contributed by atoms with E-state index >= 15 is 0 Å². The third kappa shape index (κ3) is 3.01. The van der Waals surface area contributed by atoms with Crippen LogP contribution >= 0.6 is 0 Å². The summed E-state index contributed by atoms with van der Waals surface area (Å²) < 4.78 is 0. The Balaban J connectivity index is 2.33. The molecule has 66 valence electrons. The fourth-order valence-electron chi connectivity index (χ4n) is 0.939. The van der Waals surface area contributed by atoms with Crippen LogP contribution in [0.4, 0.5) is 0 Å². The number of hydrogen-bond donors (Lipinski definition) is 1. The normalized spacial score (nSPS) is 12.8. The fraction of sp³-hybridized carbons (Fsp3) is 0.500. The summed E-state index contributed by atoms with van der Waals surface area (Å²) in [5.41, 5.74) is 1.25. The molecule has 0 saturated carbocycles. The van der Waals surface area contributed by atoms with E-state index in [4.69, 9.17) is 0 Å². The van der Waals surface area contributed by atoms with Crippen LogP contribution in [0.2, 0.25) is 0 Å². The van der Waals surface area contributed by atoms with Gasteiger partial charge in [-0.15, -0.1) is 0 Å². The molecular weight excluding hydrogens is 148 g/mol. The largest absolute Gasteiger partial charge is 0.310 e. The maximum atomic E-state index is 4.05. The van der Waals surface area contributed by atoms with Crippen LogP contribution < -0.4 is 5.32 Å². The molecule has 0 aliphatic heterocycles. The van der Waals surface area contributed by atoms with Gasteiger partial charge in [-0.25, -0.2) is 0 Å². The topological polar surface area (TPSA) is 24.9 Å². The molecule has 0 unspecified atom stereocenters. The van der Waals surface area contributed by atoms with Crippen LogP contribution in [0, 0.1) is 0 Å². The van der Waals surface area contributed by atoms with Gasteiger partial charge in [0.15, 0.2) is 0 Å². The van der Waals surface area contributed by atoms with Crippen molar-refractivity contribution in [2.75, 3.05) is 0 Å². The summed E-state index contributed by atoms with van der Waals surface area (Å²) in [6.07, 6.45) is 4.86. The van der Waals surface area contributed by atoms with E-state index in [1.807, 2.05) is 12.3 Å². The summed E-state index contributed by atoms with van der Waals surface area (Å²) in [5, 5.41) is 3.41. The molecule has 1 aromatic heterocycles. The van der Waals surface area contributed by atoms with Gasteiger partial charge < -0.3 is 5.32 Å². The molecule has 1 rings (SSSR count). The van der Waals surface area contributed by atoms with Crippen molar-refractivity contribution in [2.24, 2.45) is 0 Å². The number of hydrogen-bond acceptors (Lipinski definition) is 2. The molecule has 0 saturated heterocycles. The van der Waals surface area contributed by atoms with Crippen molar-refractivity contribution in [3.05, 3.63) is 30.1 Å². The van der Waals surface area contributed by atoms with Gasteiger partial charge in [0.1, 0.15) is 0 Å². The van der Waals surface area contributed by atoms with Crippen molar-refractivity contribution >= 4 is 0 Å². The lowest BCUT2D eigenvalue weighted by molar-refractivity contribution is 0.533. The van der Waals surface area contributed by atoms with E-state index in [9.17, 15) is 0 Å². The third-order valence-electron chi connectivity index (χ3n) is 1.99. The highest BCUT2D eigenvalue weighted by Gasteiger charge is 1.96. The Labute approximate surface area is 74.0 Å². The third-order valence-corrected chi connectivity index (χ3v) is 1.99. The minimum Gasteiger partial charge on any atom is -0.310 e. The molecule has 1 heterocycles. The molecule has 0 aromatic carbocycles. The molecule has 2 heteroatoms. The average Bonchev–Trinajstić information content (AvgIpc) is 2.16. The van der Waals surface area contributed by atoms with Crippen molar-refractivity contribution in [1.29, 1.82) is 0 Å². The Bertz CT molecular complexity index is 208. The summed E-state index contributed by atoms with van der Waals surface area (Å²) in [7, 11) is 0. The van der Waals surface area contributed by atoms with Crippen LogP contribution in [0.5, 0.6) is 0 Å². The summed E-state index contributed by atoms with van der Waals surface area (Å²) in [4.78, 5) is 4.05. The van der Waals surface area contributed by atoms with Crippen LogP contribution in [0.1, 0.15) is 25.8 Å². The highest BCUT2D eigenvalue weighted by Crippen LogP contribution is 1.96. The lowest BCUT2D eigenvalue weighted by Crippen LogP contribution is -2.24. The predicted octanol–water partition coefficient (Wildman–Crippen LogP) is 1.97. The van der Waals surface area contributed by atoms with E-state index in [0.717, 1.165) is 6.54 Å². The standard InChI is InChI=1S/C10H16N2/c1-3-9(2)12-8-10-5-4-6-11-7-10/h4-7,9,12H,3,8H2,1-2H3/t9-/m0/s1. The number of rotatable bonds is 4. The summed E-state index contributed by atoms with van der Waals surface area (Å²) in [5.74, 6) is 0. The molecule has 12 heavy (non-hydrogen) atoms. The molecule has 0 spiro atoms. The van der Waals surface area contributed by atoms with E-state index in [1.165, 1.54) is 12.0 Å². The SMILES string of the molecule is CC[C@H](C)NCc1cccnc1. The fourth-order valence-corrected chi connectivity index (χ4v) is 0.939. The number of nitrogens with zero attached hydrogens (tertiary/aromatic N) is 1. The maximum Gasteiger partial charge on any atom is 0.0312 e. The molecule has 0 amide bonds. The Morgan fingerprint density at radius 3 is 3.00 bits per heavy atom. The first-order valence-electron chi connectivity index (χ1n) is 4.45. The molecule has 1 atom stereocenters. The van der Waals surface area contributed by atoms with Crippen LogP contribution in [0.25, 0.3) is 0 Å². The first kappa shape index (κ1) is 9.20. The van der Waals surface area contributed by atoms with Gasteiger partial charge in [-0.2, -0.15) is 0 Å². The Kier molecular flexibility index (Phi) is 3.74. The first-order chi connectivity index (χ1) is 5.83. The molecule has 2 nitrogen and oxygen atoms in total. The Morgan fingerprint density at radius 1 is 1.58 bits per heavy atom. The minimum atomic E-state index is 0.588. The number of nitrogens with one attached hydrogen (secondary N) is 1. The summed E-state index contributed by atoms with van der Waals surface area (Å²) in [6.45, 7) is 5.29.